The molecule has 1 N–H and O–H groups in total. The third-order valence-electron chi connectivity index (χ3n) is 3.78. The van der Waals surface area contributed by atoms with E-state index in [0.717, 1.165) is 27.9 Å². The molecule has 0 spiro atoms. The first-order chi connectivity index (χ1) is 12.2. The van der Waals surface area contributed by atoms with Crippen molar-refractivity contribution in [3.63, 3.8) is 0 Å². The number of halogens is 1. The minimum absolute atomic E-state index is 0. The third-order valence-corrected chi connectivity index (χ3v) is 4.99. The highest BCUT2D eigenvalue weighted by atomic mass is 127. The van der Waals surface area contributed by atoms with E-state index in [-0.39, 0.29) is 24.0 Å². The summed E-state index contributed by atoms with van der Waals surface area (Å²) in [4.78, 5) is 12.2. The molecule has 0 atom stereocenters. The topological polar surface area (TPSA) is 66.6 Å². The largest absolute Gasteiger partial charge is 0.364 e. The smallest absolute Gasteiger partial charge is 0.194 e. The normalized spacial score (nSPS) is 11.1. The Labute approximate surface area is 174 Å². The summed E-state index contributed by atoms with van der Waals surface area (Å²) in [6.07, 6.45) is 1.57. The highest BCUT2D eigenvalue weighted by Crippen LogP contribution is 2.27. The molecule has 0 unspecified atom stereocenters. The monoisotopic (exact) mass is 483 g/mol. The van der Waals surface area contributed by atoms with Gasteiger partial charge < -0.3 is 14.7 Å². The summed E-state index contributed by atoms with van der Waals surface area (Å²) in [5, 5.41) is 8.37. The molecule has 0 bridgehead atoms. The molecule has 138 valence electrons. The summed E-state index contributed by atoms with van der Waals surface area (Å²) < 4.78 is 4.88. The summed E-state index contributed by atoms with van der Waals surface area (Å²) in [7, 11) is 3.75. The van der Waals surface area contributed by atoms with E-state index < -0.39 is 0 Å². The van der Waals surface area contributed by atoms with Crippen molar-refractivity contribution in [2.45, 2.75) is 20.0 Å². The molecule has 3 rings (SSSR count). The van der Waals surface area contributed by atoms with Crippen molar-refractivity contribution in [2.24, 2.45) is 4.99 Å². The quantitative estimate of drug-likeness (QED) is 0.339. The zero-order chi connectivity index (χ0) is 17.6. The number of hydrogen-bond donors (Lipinski definition) is 1. The van der Waals surface area contributed by atoms with Crippen LogP contribution in [0, 0.1) is 6.92 Å². The Kier molecular flexibility index (Phi) is 7.58. The molecule has 2 aromatic heterocycles. The summed E-state index contributed by atoms with van der Waals surface area (Å²) in [5.74, 6) is 0.803. The molecule has 1 aromatic carbocycles. The number of rotatable bonds is 5. The van der Waals surface area contributed by atoms with Crippen LogP contribution < -0.4 is 5.32 Å². The van der Waals surface area contributed by atoms with Gasteiger partial charge in [-0.15, -0.1) is 35.3 Å². The maximum Gasteiger partial charge on any atom is 0.194 e. The molecule has 0 amide bonds. The van der Waals surface area contributed by atoms with E-state index in [2.05, 4.69) is 27.6 Å². The molecule has 6 nitrogen and oxygen atoms in total. The number of hydrogen-bond acceptors (Lipinski definition) is 5. The second kappa shape index (κ2) is 9.67. The maximum absolute atomic E-state index is 4.88. The predicted octanol–water partition coefficient (Wildman–Crippen LogP) is 3.93. The molecular weight excluding hydrogens is 461 g/mol. The summed E-state index contributed by atoms with van der Waals surface area (Å²) in [6.45, 7) is 3.36. The molecule has 0 aliphatic heterocycles. The van der Waals surface area contributed by atoms with Crippen LogP contribution in [0.25, 0.3) is 10.6 Å². The zero-order valence-electron chi connectivity index (χ0n) is 15.0. The van der Waals surface area contributed by atoms with Crippen molar-refractivity contribution in [1.82, 2.24) is 20.4 Å². The van der Waals surface area contributed by atoms with Gasteiger partial charge in [0.2, 0.25) is 0 Å². The van der Waals surface area contributed by atoms with E-state index in [1.807, 2.05) is 43.1 Å². The number of thiazole rings is 1. The van der Waals surface area contributed by atoms with Gasteiger partial charge in [-0.05, 0) is 6.92 Å². The van der Waals surface area contributed by atoms with E-state index in [4.69, 9.17) is 9.51 Å². The second-order valence-electron chi connectivity index (χ2n) is 5.64. The maximum atomic E-state index is 4.88. The van der Waals surface area contributed by atoms with Crippen LogP contribution in [-0.2, 0) is 13.1 Å². The number of aliphatic imine (C=N–C) groups is 1. The molecule has 0 saturated carbocycles. The van der Waals surface area contributed by atoms with E-state index in [9.17, 15) is 0 Å². The van der Waals surface area contributed by atoms with E-state index in [1.165, 1.54) is 4.88 Å². The molecule has 0 saturated heterocycles. The Bertz CT molecular complexity index is 833. The van der Waals surface area contributed by atoms with Crippen LogP contribution >= 0.6 is 35.3 Å². The van der Waals surface area contributed by atoms with Crippen LogP contribution in [0.15, 0.2) is 52.2 Å². The van der Waals surface area contributed by atoms with Crippen molar-refractivity contribution in [2.75, 3.05) is 14.1 Å². The lowest BCUT2D eigenvalue weighted by molar-refractivity contribution is 0.391. The van der Waals surface area contributed by atoms with E-state index in [1.54, 1.807) is 24.6 Å². The lowest BCUT2D eigenvalue weighted by Gasteiger charge is -2.20. The highest BCUT2D eigenvalue weighted by molar-refractivity contribution is 14.0. The first-order valence-electron chi connectivity index (χ1n) is 8.00. The average Bonchev–Trinajstić information content (AvgIpc) is 3.26. The zero-order valence-corrected chi connectivity index (χ0v) is 18.1. The fourth-order valence-corrected chi connectivity index (χ4v) is 3.48. The molecule has 0 fully saturated rings. The van der Waals surface area contributed by atoms with Crippen LogP contribution in [0.2, 0.25) is 0 Å². The number of aryl methyl sites for hydroxylation is 1. The standard InChI is InChI=1S/C18H21N5OS.HI/c1-13-16(25-17(21-13)14-7-5-4-6-8-14)11-20-18(19-2)23(3)12-15-9-10-24-22-15;/h4-10H,11-12H2,1-3H3,(H,19,20);1H. The Balaban J connectivity index is 0.00000243. The van der Waals surface area contributed by atoms with Gasteiger partial charge in [0.15, 0.2) is 5.96 Å². The highest BCUT2D eigenvalue weighted by Gasteiger charge is 2.12. The van der Waals surface area contributed by atoms with Crippen LogP contribution in [0.1, 0.15) is 16.3 Å². The first-order valence-corrected chi connectivity index (χ1v) is 8.82. The van der Waals surface area contributed by atoms with Crippen LogP contribution in [-0.4, -0.2) is 35.1 Å². The summed E-state index contributed by atoms with van der Waals surface area (Å²) in [6, 6.07) is 12.1. The molecule has 0 aliphatic rings. The molecule has 0 aliphatic carbocycles. The van der Waals surface area contributed by atoms with Crippen molar-refractivity contribution >= 4 is 41.3 Å². The van der Waals surface area contributed by atoms with Gasteiger partial charge >= 0.3 is 0 Å². The van der Waals surface area contributed by atoms with Gasteiger partial charge in [-0.1, -0.05) is 35.5 Å². The number of guanidine groups is 1. The van der Waals surface area contributed by atoms with Crippen LogP contribution in [0.5, 0.6) is 0 Å². The van der Waals surface area contributed by atoms with Gasteiger partial charge in [-0.2, -0.15) is 0 Å². The SMILES string of the molecule is CN=C(NCc1sc(-c2ccccc2)nc1C)N(C)Cc1ccon1.I. The molecule has 3 aromatic rings. The molecule has 2 heterocycles. The van der Waals surface area contributed by atoms with Gasteiger partial charge in [-0.25, -0.2) is 4.98 Å². The third kappa shape index (κ3) is 5.04. The lowest BCUT2D eigenvalue weighted by atomic mass is 10.2. The molecule has 26 heavy (non-hydrogen) atoms. The predicted molar refractivity (Wildman–Crippen MR) is 116 cm³/mol. The Morgan fingerprint density at radius 3 is 2.69 bits per heavy atom. The minimum atomic E-state index is 0. The van der Waals surface area contributed by atoms with Crippen molar-refractivity contribution < 1.29 is 4.52 Å². The summed E-state index contributed by atoms with van der Waals surface area (Å²) >= 11 is 1.71. The van der Waals surface area contributed by atoms with E-state index in [0.29, 0.717) is 13.1 Å². The fraction of sp³-hybridized carbons (Fsp3) is 0.278. The lowest BCUT2D eigenvalue weighted by Crippen LogP contribution is -2.38. The molecular formula is C18H22IN5OS. The van der Waals surface area contributed by atoms with Crippen LogP contribution in [0.3, 0.4) is 0 Å². The summed E-state index contributed by atoms with van der Waals surface area (Å²) in [5.41, 5.74) is 3.06. The Morgan fingerprint density at radius 2 is 2.04 bits per heavy atom. The van der Waals surface area contributed by atoms with Crippen molar-refractivity contribution in [3.05, 3.63) is 58.9 Å². The van der Waals surface area contributed by atoms with Gasteiger partial charge in [0.25, 0.3) is 0 Å². The van der Waals surface area contributed by atoms with E-state index >= 15 is 0 Å². The van der Waals surface area contributed by atoms with Gasteiger partial charge in [0, 0.05) is 30.6 Å². The second-order valence-corrected chi connectivity index (χ2v) is 6.72. The van der Waals surface area contributed by atoms with Gasteiger partial charge in [0.1, 0.15) is 17.0 Å². The Morgan fingerprint density at radius 1 is 1.27 bits per heavy atom. The first kappa shape index (κ1) is 20.4. The number of nitrogens with zero attached hydrogens (tertiary/aromatic N) is 4. The fourth-order valence-electron chi connectivity index (χ4n) is 2.48. The minimum Gasteiger partial charge on any atom is -0.364 e. The van der Waals surface area contributed by atoms with Gasteiger partial charge in [-0.3, -0.25) is 4.99 Å². The van der Waals surface area contributed by atoms with Crippen LogP contribution in [0.4, 0.5) is 0 Å². The van der Waals surface area contributed by atoms with Gasteiger partial charge in [0.05, 0.1) is 18.8 Å². The van der Waals surface area contributed by atoms with Crippen molar-refractivity contribution in [3.8, 4) is 10.6 Å². The van der Waals surface area contributed by atoms with Crippen molar-refractivity contribution in [1.29, 1.82) is 0 Å². The molecule has 8 heteroatoms. The number of nitrogens with one attached hydrogen (secondary N) is 1. The molecule has 0 radical (unpaired) electrons. The average molecular weight is 483 g/mol. The number of aromatic nitrogens is 2. The Hall–Kier alpha value is -1.94. The number of benzene rings is 1.